The van der Waals surface area contributed by atoms with Crippen molar-refractivity contribution in [1.29, 1.82) is 0 Å². The third-order valence-electron chi connectivity index (χ3n) is 8.22. The highest BCUT2D eigenvalue weighted by Crippen LogP contribution is 2.42. The van der Waals surface area contributed by atoms with Crippen LogP contribution in [-0.4, -0.2) is 8.80 Å². The van der Waals surface area contributed by atoms with E-state index >= 15 is 0 Å². The monoisotopic (exact) mass is 450 g/mol. The SMILES string of the molecule is CCCCC[Si@H]1CC[C@H]([C@H]2CC[C@H](CCCCc3ccc(C(F)Cl)cc3)CC2)CC1. The van der Waals surface area contributed by atoms with Crippen LogP contribution < -0.4 is 0 Å². The van der Waals surface area contributed by atoms with Crippen molar-refractivity contribution in [3.8, 4) is 0 Å². The van der Waals surface area contributed by atoms with Gasteiger partial charge in [0.2, 0.25) is 0 Å². The molecule has 1 atom stereocenters. The van der Waals surface area contributed by atoms with E-state index in [2.05, 4.69) is 6.92 Å². The summed E-state index contributed by atoms with van der Waals surface area (Å²) in [6.07, 6.45) is 18.7. The van der Waals surface area contributed by atoms with Crippen LogP contribution in [0.3, 0.4) is 0 Å². The van der Waals surface area contributed by atoms with Crippen molar-refractivity contribution >= 4 is 20.4 Å². The minimum absolute atomic E-state index is 0.342. The molecule has 170 valence electrons. The molecule has 30 heavy (non-hydrogen) atoms. The van der Waals surface area contributed by atoms with Crippen LogP contribution in [0.5, 0.6) is 0 Å². The number of alkyl halides is 2. The molecule has 1 aliphatic carbocycles. The molecule has 0 N–H and O–H groups in total. The Kier molecular flexibility index (Phi) is 10.7. The van der Waals surface area contributed by atoms with Crippen molar-refractivity contribution < 1.29 is 4.39 Å². The number of aryl methyl sites for hydroxylation is 1. The van der Waals surface area contributed by atoms with Gasteiger partial charge in [0, 0.05) is 14.4 Å². The van der Waals surface area contributed by atoms with Gasteiger partial charge in [0.25, 0.3) is 0 Å². The van der Waals surface area contributed by atoms with Gasteiger partial charge in [0.05, 0.1) is 0 Å². The van der Waals surface area contributed by atoms with Gasteiger partial charge in [-0.1, -0.05) is 119 Å². The van der Waals surface area contributed by atoms with E-state index < -0.39 is 5.63 Å². The summed E-state index contributed by atoms with van der Waals surface area (Å²) < 4.78 is 13.1. The quantitative estimate of drug-likeness (QED) is 0.179. The standard InChI is InChI=1S/C27H44ClFSi/c1-2-3-6-19-30-20-17-25(18-21-30)24-13-9-22(10-14-24)7-4-5-8-23-11-15-26(16-12-23)27(28)29/h11-12,15-16,22,24-25,27,30H,2-10,13-14,17-21H2,1H3/t22-,24-,25-,27?,30-. The Labute approximate surface area is 192 Å². The van der Waals surface area contributed by atoms with Crippen molar-refractivity contribution in [3.05, 3.63) is 35.4 Å². The molecule has 0 aromatic heterocycles. The van der Waals surface area contributed by atoms with E-state index in [1.807, 2.05) is 24.3 Å². The fraction of sp³-hybridized carbons (Fsp3) is 0.778. The molecule has 2 aliphatic rings. The van der Waals surface area contributed by atoms with Gasteiger partial charge in [0.1, 0.15) is 0 Å². The summed E-state index contributed by atoms with van der Waals surface area (Å²) in [5.74, 6) is 3.12. The highest BCUT2D eigenvalue weighted by Gasteiger charge is 2.30. The zero-order valence-electron chi connectivity index (χ0n) is 19.3. The Morgan fingerprint density at radius 1 is 0.900 bits per heavy atom. The Bertz CT molecular complexity index is 571. The van der Waals surface area contributed by atoms with Crippen LogP contribution in [-0.2, 0) is 6.42 Å². The van der Waals surface area contributed by atoms with E-state index in [0.717, 1.165) is 24.2 Å². The molecule has 3 rings (SSSR count). The molecule has 2 fully saturated rings. The Morgan fingerprint density at radius 3 is 2.20 bits per heavy atom. The molecule has 1 saturated heterocycles. The zero-order chi connectivity index (χ0) is 21.2. The van der Waals surface area contributed by atoms with Gasteiger partial charge in [-0.25, -0.2) is 4.39 Å². The maximum Gasteiger partial charge on any atom is 0.198 e. The molecule has 1 aromatic rings. The van der Waals surface area contributed by atoms with Crippen molar-refractivity contribution in [2.24, 2.45) is 17.8 Å². The fourth-order valence-electron chi connectivity index (χ4n) is 6.17. The number of hydrogen-bond donors (Lipinski definition) is 0. The lowest BCUT2D eigenvalue weighted by molar-refractivity contribution is 0.184. The lowest BCUT2D eigenvalue weighted by Gasteiger charge is -2.37. The maximum atomic E-state index is 13.1. The van der Waals surface area contributed by atoms with Gasteiger partial charge in [-0.05, 0) is 49.0 Å². The minimum Gasteiger partial charge on any atom is -0.225 e. The number of hydrogen-bond acceptors (Lipinski definition) is 0. The van der Waals surface area contributed by atoms with Gasteiger partial charge in [-0.15, -0.1) is 0 Å². The van der Waals surface area contributed by atoms with E-state index in [4.69, 9.17) is 11.6 Å². The summed E-state index contributed by atoms with van der Waals surface area (Å²) in [5, 5.41) is 0. The highest BCUT2D eigenvalue weighted by atomic mass is 35.5. The molecule has 1 aliphatic heterocycles. The van der Waals surface area contributed by atoms with Crippen LogP contribution >= 0.6 is 11.6 Å². The molecule has 0 amide bonds. The van der Waals surface area contributed by atoms with E-state index in [1.165, 1.54) is 69.8 Å². The number of benzene rings is 1. The van der Waals surface area contributed by atoms with Crippen LogP contribution in [0.2, 0.25) is 18.1 Å². The first-order valence-electron chi connectivity index (χ1n) is 13.0. The molecule has 3 heteroatoms. The summed E-state index contributed by atoms with van der Waals surface area (Å²) in [7, 11) is -0.342. The Hall–Kier alpha value is -0.343. The summed E-state index contributed by atoms with van der Waals surface area (Å²) in [6, 6.07) is 12.7. The number of rotatable bonds is 11. The van der Waals surface area contributed by atoms with Crippen molar-refractivity contribution in [2.45, 2.75) is 114 Å². The fourth-order valence-corrected chi connectivity index (χ4v) is 9.85. The van der Waals surface area contributed by atoms with Gasteiger partial charge in [-0.2, -0.15) is 0 Å². The molecule has 0 nitrogen and oxygen atoms in total. The van der Waals surface area contributed by atoms with Crippen molar-refractivity contribution in [2.75, 3.05) is 0 Å². The molecule has 1 unspecified atom stereocenters. The summed E-state index contributed by atoms with van der Waals surface area (Å²) in [5.41, 5.74) is 0.509. The first-order chi connectivity index (χ1) is 14.7. The van der Waals surface area contributed by atoms with Gasteiger partial charge in [-0.3, -0.25) is 0 Å². The maximum absolute atomic E-state index is 13.1. The minimum atomic E-state index is -1.38. The smallest absolute Gasteiger partial charge is 0.198 e. The number of halogens is 2. The second kappa shape index (κ2) is 13.3. The molecule has 1 saturated carbocycles. The van der Waals surface area contributed by atoms with Gasteiger partial charge >= 0.3 is 0 Å². The molecule has 1 aromatic carbocycles. The first-order valence-corrected chi connectivity index (χ1v) is 15.9. The zero-order valence-corrected chi connectivity index (χ0v) is 21.2. The molecular formula is C27H44ClFSi. The van der Waals surface area contributed by atoms with Crippen LogP contribution in [0.25, 0.3) is 0 Å². The van der Waals surface area contributed by atoms with Crippen LogP contribution in [0.15, 0.2) is 24.3 Å². The third kappa shape index (κ3) is 7.97. The summed E-state index contributed by atoms with van der Waals surface area (Å²) in [6.45, 7) is 2.33. The first kappa shape index (κ1) is 24.3. The van der Waals surface area contributed by atoms with E-state index in [9.17, 15) is 4.39 Å². The highest BCUT2D eigenvalue weighted by molar-refractivity contribution is 6.58. The predicted molar refractivity (Wildman–Crippen MR) is 133 cm³/mol. The Balaban J connectivity index is 1.25. The van der Waals surface area contributed by atoms with Crippen molar-refractivity contribution in [3.63, 3.8) is 0 Å². The van der Waals surface area contributed by atoms with Gasteiger partial charge in [0.15, 0.2) is 5.63 Å². The second-order valence-corrected chi connectivity index (χ2v) is 14.2. The average Bonchev–Trinajstić information content (AvgIpc) is 2.78. The normalized spacial score (nSPS) is 28.4. The lowest BCUT2D eigenvalue weighted by atomic mass is 9.73. The number of unbranched alkanes of at least 4 members (excludes halogenated alkanes) is 3. The average molecular weight is 451 g/mol. The molecule has 0 spiro atoms. The van der Waals surface area contributed by atoms with Gasteiger partial charge < -0.3 is 0 Å². The summed E-state index contributed by atoms with van der Waals surface area (Å²) >= 11 is 5.49. The predicted octanol–water partition coefficient (Wildman–Crippen LogP) is 9.24. The van der Waals surface area contributed by atoms with Crippen molar-refractivity contribution in [1.82, 2.24) is 0 Å². The molecular weight excluding hydrogens is 407 g/mol. The van der Waals surface area contributed by atoms with Crippen LogP contribution in [0.4, 0.5) is 4.39 Å². The second-order valence-electron chi connectivity index (χ2n) is 10.3. The van der Waals surface area contributed by atoms with Crippen LogP contribution in [0, 0.1) is 17.8 Å². The van der Waals surface area contributed by atoms with E-state index in [-0.39, 0.29) is 8.80 Å². The van der Waals surface area contributed by atoms with E-state index in [0.29, 0.717) is 5.56 Å². The third-order valence-corrected chi connectivity index (χ3v) is 12.0. The largest absolute Gasteiger partial charge is 0.225 e. The topological polar surface area (TPSA) is 0 Å². The lowest BCUT2D eigenvalue weighted by Crippen LogP contribution is -2.28. The van der Waals surface area contributed by atoms with E-state index in [1.54, 1.807) is 31.0 Å². The molecule has 0 bridgehead atoms. The summed E-state index contributed by atoms with van der Waals surface area (Å²) in [4.78, 5) is 0. The molecule has 1 heterocycles. The van der Waals surface area contributed by atoms with Crippen LogP contribution in [0.1, 0.15) is 101 Å². The Morgan fingerprint density at radius 2 is 1.57 bits per heavy atom. The molecule has 0 radical (unpaired) electrons.